The number of likely N-dealkylation sites (tertiary alicyclic amines) is 1. The lowest BCUT2D eigenvalue weighted by molar-refractivity contribution is 0.0253. The fourth-order valence-electron chi connectivity index (χ4n) is 2.02. The lowest BCUT2D eigenvalue weighted by Gasteiger charge is -2.35. The summed E-state index contributed by atoms with van der Waals surface area (Å²) in [6.07, 6.45) is 3.27. The molecule has 1 fully saturated rings. The summed E-state index contributed by atoms with van der Waals surface area (Å²) < 4.78 is 0. The van der Waals surface area contributed by atoms with Crippen molar-refractivity contribution in [1.82, 2.24) is 4.90 Å². The fraction of sp³-hybridized carbons (Fsp3) is 1.00. The molecule has 1 aliphatic rings. The second kappa shape index (κ2) is 4.83. The zero-order valence-electron chi connectivity index (χ0n) is 8.29. The third-order valence-electron chi connectivity index (χ3n) is 2.84. The van der Waals surface area contributed by atoms with Crippen LogP contribution in [0.25, 0.3) is 0 Å². The molecule has 0 amide bonds. The molecule has 1 saturated heterocycles. The van der Waals surface area contributed by atoms with Crippen molar-refractivity contribution >= 4 is 0 Å². The predicted octanol–water partition coefficient (Wildman–Crippen LogP) is 1.49. The van der Waals surface area contributed by atoms with E-state index in [4.69, 9.17) is 0 Å². The van der Waals surface area contributed by atoms with Crippen molar-refractivity contribution in [3.63, 3.8) is 0 Å². The second-order valence-corrected chi connectivity index (χ2v) is 3.82. The first-order valence-corrected chi connectivity index (χ1v) is 5.18. The summed E-state index contributed by atoms with van der Waals surface area (Å²) in [6, 6.07) is 0. The van der Waals surface area contributed by atoms with E-state index in [-0.39, 0.29) is 6.10 Å². The van der Waals surface area contributed by atoms with E-state index in [1.807, 2.05) is 0 Å². The number of nitrogens with zero attached hydrogens (tertiary/aromatic N) is 1. The molecule has 2 heteroatoms. The van der Waals surface area contributed by atoms with Gasteiger partial charge in [-0.15, -0.1) is 0 Å². The number of hydrogen-bond acceptors (Lipinski definition) is 2. The van der Waals surface area contributed by atoms with E-state index in [2.05, 4.69) is 18.7 Å². The third-order valence-corrected chi connectivity index (χ3v) is 2.84. The maximum absolute atomic E-state index is 9.63. The Balaban J connectivity index is 2.33. The normalized spacial score (nSPS) is 32.2. The van der Waals surface area contributed by atoms with E-state index < -0.39 is 0 Å². The van der Waals surface area contributed by atoms with Crippen molar-refractivity contribution in [2.75, 3.05) is 19.6 Å². The molecule has 1 N–H and O–H groups in total. The highest BCUT2D eigenvalue weighted by Gasteiger charge is 2.25. The van der Waals surface area contributed by atoms with E-state index >= 15 is 0 Å². The van der Waals surface area contributed by atoms with E-state index in [1.165, 1.54) is 13.0 Å². The molecule has 72 valence electrons. The van der Waals surface area contributed by atoms with Crippen LogP contribution in [0, 0.1) is 5.92 Å². The lowest BCUT2D eigenvalue weighted by Crippen LogP contribution is -2.43. The van der Waals surface area contributed by atoms with Gasteiger partial charge in [0.25, 0.3) is 0 Å². The summed E-state index contributed by atoms with van der Waals surface area (Å²) in [4.78, 5) is 2.47. The van der Waals surface area contributed by atoms with Crippen molar-refractivity contribution in [2.45, 2.75) is 39.2 Å². The third kappa shape index (κ3) is 2.46. The van der Waals surface area contributed by atoms with Gasteiger partial charge in [0.1, 0.15) is 0 Å². The summed E-state index contributed by atoms with van der Waals surface area (Å²) in [5.74, 6) is 0.519. The van der Waals surface area contributed by atoms with Crippen LogP contribution in [-0.4, -0.2) is 35.7 Å². The fourth-order valence-corrected chi connectivity index (χ4v) is 2.02. The zero-order valence-corrected chi connectivity index (χ0v) is 8.29. The summed E-state index contributed by atoms with van der Waals surface area (Å²) in [6.45, 7) is 7.77. The van der Waals surface area contributed by atoms with Gasteiger partial charge in [0.05, 0.1) is 6.10 Å². The van der Waals surface area contributed by atoms with Crippen molar-refractivity contribution in [1.29, 1.82) is 0 Å². The number of piperidine rings is 1. The van der Waals surface area contributed by atoms with Gasteiger partial charge in [-0.05, 0) is 31.7 Å². The molecular weight excluding hydrogens is 150 g/mol. The zero-order chi connectivity index (χ0) is 8.97. The molecule has 0 aromatic heterocycles. The van der Waals surface area contributed by atoms with Crippen molar-refractivity contribution in [3.8, 4) is 0 Å². The molecular formula is C10H21NO. The van der Waals surface area contributed by atoms with Gasteiger partial charge >= 0.3 is 0 Å². The van der Waals surface area contributed by atoms with Gasteiger partial charge in [-0.1, -0.05) is 13.8 Å². The molecule has 1 rings (SSSR count). The maximum Gasteiger partial charge on any atom is 0.0592 e. The minimum absolute atomic E-state index is 0.0388. The molecule has 2 atom stereocenters. The molecule has 0 aromatic carbocycles. The van der Waals surface area contributed by atoms with Crippen LogP contribution in [0.2, 0.25) is 0 Å². The Morgan fingerprint density at radius 3 is 2.75 bits per heavy atom. The van der Waals surface area contributed by atoms with E-state index in [0.29, 0.717) is 5.92 Å². The van der Waals surface area contributed by atoms with Crippen molar-refractivity contribution in [2.24, 2.45) is 5.92 Å². The van der Waals surface area contributed by atoms with Crippen LogP contribution in [0.4, 0.5) is 0 Å². The molecule has 0 radical (unpaired) electrons. The monoisotopic (exact) mass is 171 g/mol. The van der Waals surface area contributed by atoms with Gasteiger partial charge in [0.15, 0.2) is 0 Å². The van der Waals surface area contributed by atoms with Crippen molar-refractivity contribution < 1.29 is 5.11 Å². The Morgan fingerprint density at radius 1 is 1.42 bits per heavy atom. The second-order valence-electron chi connectivity index (χ2n) is 3.82. The smallest absolute Gasteiger partial charge is 0.0592 e. The molecule has 12 heavy (non-hydrogen) atoms. The Labute approximate surface area is 75.6 Å². The summed E-state index contributed by atoms with van der Waals surface area (Å²) in [5, 5.41) is 9.63. The SMILES string of the molecule is CCCN1CC[C@@H](O)[C@H](CC)C1. The quantitative estimate of drug-likeness (QED) is 0.695. The van der Waals surface area contributed by atoms with Crippen LogP contribution in [0.15, 0.2) is 0 Å². The molecule has 1 aliphatic heterocycles. The predicted molar refractivity (Wildman–Crippen MR) is 51.1 cm³/mol. The maximum atomic E-state index is 9.63. The van der Waals surface area contributed by atoms with Gasteiger partial charge in [-0.25, -0.2) is 0 Å². The highest BCUT2D eigenvalue weighted by atomic mass is 16.3. The van der Waals surface area contributed by atoms with Gasteiger partial charge < -0.3 is 10.0 Å². The molecule has 0 spiro atoms. The number of aliphatic hydroxyl groups excluding tert-OH is 1. The highest BCUT2D eigenvalue weighted by Crippen LogP contribution is 2.19. The van der Waals surface area contributed by atoms with Crippen LogP contribution in [-0.2, 0) is 0 Å². The number of aliphatic hydroxyl groups is 1. The minimum Gasteiger partial charge on any atom is -0.393 e. The van der Waals surface area contributed by atoms with Crippen LogP contribution in [0.3, 0.4) is 0 Å². The van der Waals surface area contributed by atoms with Gasteiger partial charge in [-0.2, -0.15) is 0 Å². The van der Waals surface area contributed by atoms with E-state index in [1.54, 1.807) is 0 Å². The van der Waals surface area contributed by atoms with Gasteiger partial charge in [0.2, 0.25) is 0 Å². The Morgan fingerprint density at radius 2 is 2.17 bits per heavy atom. The largest absolute Gasteiger partial charge is 0.393 e. The number of hydrogen-bond donors (Lipinski definition) is 1. The first kappa shape index (κ1) is 10.0. The Bertz CT molecular complexity index is 127. The first-order chi connectivity index (χ1) is 5.77. The highest BCUT2D eigenvalue weighted by molar-refractivity contribution is 4.78. The van der Waals surface area contributed by atoms with Crippen LogP contribution in [0.1, 0.15) is 33.1 Å². The molecule has 0 aliphatic carbocycles. The number of rotatable bonds is 3. The Kier molecular flexibility index (Phi) is 4.02. The lowest BCUT2D eigenvalue weighted by atomic mass is 9.92. The molecule has 1 heterocycles. The summed E-state index contributed by atoms with van der Waals surface area (Å²) in [7, 11) is 0. The summed E-state index contributed by atoms with van der Waals surface area (Å²) >= 11 is 0. The van der Waals surface area contributed by atoms with Crippen molar-refractivity contribution in [3.05, 3.63) is 0 Å². The van der Waals surface area contributed by atoms with Crippen LogP contribution < -0.4 is 0 Å². The molecule has 0 unspecified atom stereocenters. The van der Waals surface area contributed by atoms with Crippen LogP contribution in [0.5, 0.6) is 0 Å². The van der Waals surface area contributed by atoms with Crippen LogP contribution >= 0.6 is 0 Å². The Hall–Kier alpha value is -0.0800. The average Bonchev–Trinajstić information content (AvgIpc) is 2.09. The summed E-state index contributed by atoms with van der Waals surface area (Å²) in [5.41, 5.74) is 0. The molecule has 0 bridgehead atoms. The topological polar surface area (TPSA) is 23.5 Å². The van der Waals surface area contributed by atoms with Gasteiger partial charge in [-0.3, -0.25) is 0 Å². The minimum atomic E-state index is -0.0388. The first-order valence-electron chi connectivity index (χ1n) is 5.18. The standard InChI is InChI=1S/C10H21NO/c1-3-6-11-7-5-10(12)9(4-2)8-11/h9-10,12H,3-8H2,1-2H3/t9-,10-/m1/s1. The van der Waals surface area contributed by atoms with E-state index in [9.17, 15) is 5.11 Å². The van der Waals surface area contributed by atoms with Gasteiger partial charge in [0, 0.05) is 13.1 Å². The molecule has 0 saturated carbocycles. The average molecular weight is 171 g/mol. The molecule has 0 aromatic rings. The van der Waals surface area contributed by atoms with E-state index in [0.717, 1.165) is 25.9 Å². The molecule has 2 nitrogen and oxygen atoms in total.